The molecule has 0 saturated heterocycles. The van der Waals surface area contributed by atoms with Crippen LogP contribution in [0, 0.1) is 0 Å². The van der Waals surface area contributed by atoms with E-state index in [1.54, 1.807) is 0 Å². The lowest BCUT2D eigenvalue weighted by molar-refractivity contribution is -0.144. The van der Waals surface area contributed by atoms with Crippen molar-refractivity contribution in [3.8, 4) is 0 Å². The lowest BCUT2D eigenvalue weighted by atomic mass is 10.1. The molecule has 134 valence electrons. The highest BCUT2D eigenvalue weighted by molar-refractivity contribution is 7.58. The van der Waals surface area contributed by atoms with Gasteiger partial charge in [0.05, 0.1) is 6.10 Å². The quantitative estimate of drug-likeness (QED) is 0.369. The summed E-state index contributed by atoms with van der Waals surface area (Å²) in [7, 11) is -3.67. The number of carboxylic acids is 1. The molecule has 0 bridgehead atoms. The number of carbonyl (C=O) groups is 2. The van der Waals surface area contributed by atoms with Crippen molar-refractivity contribution in [3.05, 3.63) is 35.9 Å². The molecule has 7 nitrogen and oxygen atoms in total. The Balaban J connectivity index is 2.38. The van der Waals surface area contributed by atoms with Crippen LogP contribution in [0.15, 0.2) is 30.3 Å². The smallest absolute Gasteiger partial charge is 0.328 e. The summed E-state index contributed by atoms with van der Waals surface area (Å²) in [6, 6.07) is 8.24. The van der Waals surface area contributed by atoms with Crippen LogP contribution in [0.3, 0.4) is 0 Å². The molecule has 1 rings (SSSR count). The van der Waals surface area contributed by atoms with E-state index in [-0.39, 0.29) is 6.16 Å². The molecule has 0 aliphatic carbocycles. The van der Waals surface area contributed by atoms with Crippen LogP contribution in [0.1, 0.15) is 25.3 Å². The molecule has 4 N–H and O–H groups in total. The Labute approximate surface area is 141 Å². The molecule has 0 aliphatic heterocycles. The van der Waals surface area contributed by atoms with E-state index in [2.05, 4.69) is 5.32 Å². The van der Waals surface area contributed by atoms with Crippen LogP contribution in [0.25, 0.3) is 0 Å². The summed E-state index contributed by atoms with van der Waals surface area (Å²) in [6.45, 7) is 1.22. The Morgan fingerprint density at radius 2 is 1.83 bits per heavy atom. The number of nitrogens with one attached hydrogen (secondary N) is 1. The van der Waals surface area contributed by atoms with Crippen LogP contribution in [0.5, 0.6) is 0 Å². The maximum absolute atomic E-state index is 12.0. The maximum Gasteiger partial charge on any atom is 0.328 e. The van der Waals surface area contributed by atoms with E-state index in [1.165, 1.54) is 6.92 Å². The average Bonchev–Trinajstić information content (AvgIpc) is 2.49. The Bertz CT molecular complexity index is 589. The first-order valence-corrected chi connectivity index (χ1v) is 9.79. The Morgan fingerprint density at radius 1 is 1.21 bits per heavy atom. The molecule has 1 aromatic rings. The molecule has 3 atom stereocenters. The van der Waals surface area contributed by atoms with Crippen LogP contribution in [-0.4, -0.2) is 51.5 Å². The number of aliphatic hydroxyl groups is 1. The third-order valence-corrected chi connectivity index (χ3v) is 5.32. The standard InChI is InChI=1S/C16H24NO6P/c1-12(18)15(16(20)21)17-14(19)11-24(22,23)10-6-5-9-13-7-3-2-4-8-13/h2-4,7-8,12,15,18H,5-6,9-11H2,1H3,(H,17,19)(H,20,21)(H,22,23)/t12-,15+/m1/s1. The van der Waals surface area contributed by atoms with Gasteiger partial charge in [-0.15, -0.1) is 0 Å². The minimum Gasteiger partial charge on any atom is -0.480 e. The van der Waals surface area contributed by atoms with Gasteiger partial charge in [-0.3, -0.25) is 9.36 Å². The van der Waals surface area contributed by atoms with Crippen LogP contribution in [0.4, 0.5) is 0 Å². The van der Waals surface area contributed by atoms with E-state index < -0.39 is 37.6 Å². The van der Waals surface area contributed by atoms with Crippen molar-refractivity contribution in [2.45, 2.75) is 38.3 Å². The van der Waals surface area contributed by atoms with Crippen LogP contribution < -0.4 is 5.32 Å². The Hall–Kier alpha value is -1.69. The van der Waals surface area contributed by atoms with E-state index in [0.29, 0.717) is 6.42 Å². The zero-order valence-electron chi connectivity index (χ0n) is 13.6. The number of amides is 1. The first kappa shape index (κ1) is 20.4. The molecule has 1 aromatic carbocycles. The summed E-state index contributed by atoms with van der Waals surface area (Å²) in [5.41, 5.74) is 1.14. The summed E-state index contributed by atoms with van der Waals surface area (Å²) in [5, 5.41) is 20.2. The van der Waals surface area contributed by atoms with Gasteiger partial charge >= 0.3 is 5.97 Å². The number of benzene rings is 1. The lowest BCUT2D eigenvalue weighted by Crippen LogP contribution is -2.48. The fraction of sp³-hybridized carbons (Fsp3) is 0.500. The predicted octanol–water partition coefficient (Wildman–Crippen LogP) is 1.23. The van der Waals surface area contributed by atoms with Crippen molar-refractivity contribution < 1.29 is 29.3 Å². The molecule has 0 heterocycles. The molecule has 0 fully saturated rings. The highest BCUT2D eigenvalue weighted by Gasteiger charge is 2.28. The van der Waals surface area contributed by atoms with Gasteiger partial charge in [-0.1, -0.05) is 30.3 Å². The number of carboxylic acid groups (broad SMARTS) is 1. The number of rotatable bonds is 10. The second-order valence-electron chi connectivity index (χ2n) is 5.79. The molecule has 1 unspecified atom stereocenters. The third-order valence-electron chi connectivity index (χ3n) is 3.52. The normalized spacial score (nSPS) is 16.0. The number of hydrogen-bond acceptors (Lipinski definition) is 4. The first-order chi connectivity index (χ1) is 11.2. The van der Waals surface area contributed by atoms with Crippen molar-refractivity contribution >= 4 is 19.2 Å². The van der Waals surface area contributed by atoms with Crippen LogP contribution >= 0.6 is 7.37 Å². The Kier molecular flexibility index (Phi) is 8.11. The van der Waals surface area contributed by atoms with Gasteiger partial charge in [-0.25, -0.2) is 4.79 Å². The minimum atomic E-state index is -3.67. The minimum absolute atomic E-state index is 0.000327. The largest absolute Gasteiger partial charge is 0.480 e. The zero-order valence-corrected chi connectivity index (χ0v) is 14.5. The Morgan fingerprint density at radius 3 is 2.38 bits per heavy atom. The van der Waals surface area contributed by atoms with Gasteiger partial charge in [-0.2, -0.15) is 0 Å². The fourth-order valence-corrected chi connectivity index (χ4v) is 3.66. The number of unbranched alkanes of at least 4 members (excludes halogenated alkanes) is 1. The van der Waals surface area contributed by atoms with Crippen molar-refractivity contribution in [1.82, 2.24) is 5.32 Å². The van der Waals surface area contributed by atoms with Gasteiger partial charge in [0.2, 0.25) is 13.3 Å². The maximum atomic E-state index is 12.0. The van der Waals surface area contributed by atoms with Gasteiger partial charge < -0.3 is 20.4 Å². The molecule has 1 amide bonds. The highest BCUT2D eigenvalue weighted by atomic mass is 31.2. The second kappa shape index (κ2) is 9.57. The van der Waals surface area contributed by atoms with Crippen molar-refractivity contribution in [2.75, 3.05) is 12.3 Å². The van der Waals surface area contributed by atoms with E-state index in [4.69, 9.17) is 5.11 Å². The van der Waals surface area contributed by atoms with E-state index in [0.717, 1.165) is 18.4 Å². The summed E-state index contributed by atoms with van der Waals surface area (Å²) >= 11 is 0. The topological polar surface area (TPSA) is 124 Å². The number of aryl methyl sites for hydroxylation is 1. The second-order valence-corrected chi connectivity index (χ2v) is 8.25. The summed E-state index contributed by atoms with van der Waals surface area (Å²) < 4.78 is 12.0. The predicted molar refractivity (Wildman–Crippen MR) is 90.2 cm³/mol. The SMILES string of the molecule is C[C@@H](O)[C@H](NC(=O)CP(=O)(O)CCCCc1ccccc1)C(=O)O. The van der Waals surface area contributed by atoms with Gasteiger partial charge in [-0.05, 0) is 31.7 Å². The van der Waals surface area contributed by atoms with E-state index >= 15 is 0 Å². The lowest BCUT2D eigenvalue weighted by Gasteiger charge is -2.18. The average molecular weight is 357 g/mol. The van der Waals surface area contributed by atoms with Crippen molar-refractivity contribution in [3.63, 3.8) is 0 Å². The highest BCUT2D eigenvalue weighted by Crippen LogP contribution is 2.41. The molecule has 24 heavy (non-hydrogen) atoms. The molecule has 0 radical (unpaired) electrons. The third kappa shape index (κ3) is 7.73. The van der Waals surface area contributed by atoms with Gasteiger partial charge in [0, 0.05) is 6.16 Å². The van der Waals surface area contributed by atoms with Crippen molar-refractivity contribution in [2.24, 2.45) is 0 Å². The van der Waals surface area contributed by atoms with E-state index in [1.807, 2.05) is 30.3 Å². The first-order valence-electron chi connectivity index (χ1n) is 7.76. The molecular weight excluding hydrogens is 333 g/mol. The van der Waals surface area contributed by atoms with Crippen molar-refractivity contribution in [1.29, 1.82) is 0 Å². The van der Waals surface area contributed by atoms with Gasteiger partial charge in [0.25, 0.3) is 0 Å². The molecule has 0 aliphatic rings. The monoisotopic (exact) mass is 357 g/mol. The van der Waals surface area contributed by atoms with Crippen LogP contribution in [-0.2, 0) is 20.6 Å². The van der Waals surface area contributed by atoms with Crippen LogP contribution in [0.2, 0.25) is 0 Å². The number of carbonyl (C=O) groups excluding carboxylic acids is 1. The summed E-state index contributed by atoms with van der Waals surface area (Å²) in [4.78, 5) is 32.5. The summed E-state index contributed by atoms with van der Waals surface area (Å²) in [5.74, 6) is -2.24. The molecule has 8 heteroatoms. The van der Waals surface area contributed by atoms with Gasteiger partial charge in [0.1, 0.15) is 6.16 Å². The molecule has 0 spiro atoms. The molecule has 0 aromatic heterocycles. The number of aliphatic carboxylic acids is 1. The zero-order chi connectivity index (χ0) is 18.2. The summed E-state index contributed by atoms with van der Waals surface area (Å²) in [6.07, 6.45) is 0.0662. The van der Waals surface area contributed by atoms with Gasteiger partial charge in [0.15, 0.2) is 6.04 Å². The fourth-order valence-electron chi connectivity index (χ4n) is 2.24. The number of hydrogen-bond donors (Lipinski definition) is 4. The van der Waals surface area contributed by atoms with E-state index in [9.17, 15) is 24.2 Å². The number of aliphatic hydroxyl groups excluding tert-OH is 1. The molecule has 0 saturated carbocycles. The molecular formula is C16H24NO6P.